The highest BCUT2D eigenvalue weighted by molar-refractivity contribution is 7.19. The van der Waals surface area contributed by atoms with Crippen LogP contribution in [0.1, 0.15) is 0 Å². The molecule has 11 rings (SSSR count). The fourth-order valence-corrected chi connectivity index (χ4v) is 14.1. The number of rotatable bonds is 10. The van der Waals surface area contributed by atoms with Gasteiger partial charge in [0.25, 0.3) is 0 Å². The fourth-order valence-electron chi connectivity index (χ4n) is 9.38. The Hall–Kier alpha value is -7.98. The zero-order valence-electron chi connectivity index (χ0n) is 34.7. The molecule has 0 amide bonds. The Morgan fingerprint density at radius 2 is 0.571 bits per heavy atom. The Balaban J connectivity index is 1.05. The Bertz CT molecular complexity index is 3180. The van der Waals surface area contributed by atoms with Crippen LogP contribution in [0, 0.1) is 0 Å². The van der Waals surface area contributed by atoms with Crippen molar-refractivity contribution in [3.63, 3.8) is 0 Å². The maximum atomic E-state index is 6.46. The van der Waals surface area contributed by atoms with Gasteiger partial charge in [0.2, 0.25) is 0 Å². The first-order valence-corrected chi connectivity index (χ1v) is 23.6. The van der Waals surface area contributed by atoms with Gasteiger partial charge in [0.15, 0.2) is 8.07 Å². The predicted octanol–water partition coefficient (Wildman–Crippen LogP) is 13.4. The number of hydrogen-bond acceptors (Lipinski definition) is 2. The molecule has 0 aliphatic rings. The van der Waals surface area contributed by atoms with Crippen LogP contribution in [0.4, 0.5) is 17.1 Å². The van der Waals surface area contributed by atoms with Gasteiger partial charge in [-0.25, -0.2) is 0 Å². The van der Waals surface area contributed by atoms with E-state index in [1.807, 2.05) is 0 Å². The molecule has 0 spiro atoms. The monoisotopic (exact) mass is 821 g/mol. The molecule has 0 aliphatic carbocycles. The zero-order chi connectivity index (χ0) is 42.0. The van der Waals surface area contributed by atoms with Crippen LogP contribution in [0.15, 0.2) is 265 Å². The lowest BCUT2D eigenvalue weighted by molar-refractivity contribution is 0.669. The predicted molar refractivity (Wildman–Crippen MR) is 268 cm³/mol. The van der Waals surface area contributed by atoms with Crippen molar-refractivity contribution < 1.29 is 4.42 Å². The minimum Gasteiger partial charge on any atom is -0.456 e. The van der Waals surface area contributed by atoms with E-state index in [4.69, 9.17) is 4.42 Å². The van der Waals surface area contributed by atoms with Crippen molar-refractivity contribution in [2.24, 2.45) is 0 Å². The smallest absolute Gasteiger partial charge is 0.179 e. The van der Waals surface area contributed by atoms with Gasteiger partial charge in [-0.05, 0) is 109 Å². The van der Waals surface area contributed by atoms with E-state index in [0.29, 0.717) is 0 Å². The second kappa shape index (κ2) is 16.5. The van der Waals surface area contributed by atoms with Crippen molar-refractivity contribution in [3.05, 3.63) is 261 Å². The number of hydrogen-bond donors (Lipinski definition) is 0. The molecule has 0 atom stereocenters. The quantitative estimate of drug-likeness (QED) is 0.101. The van der Waals surface area contributed by atoms with E-state index in [9.17, 15) is 0 Å². The molecule has 0 bridgehead atoms. The van der Waals surface area contributed by atoms with E-state index in [1.54, 1.807) is 0 Å². The molecule has 1 heterocycles. The van der Waals surface area contributed by atoms with Crippen LogP contribution in [0.2, 0.25) is 0 Å². The first-order chi connectivity index (χ1) is 31.2. The van der Waals surface area contributed by atoms with Gasteiger partial charge in [-0.1, -0.05) is 206 Å². The van der Waals surface area contributed by atoms with Crippen molar-refractivity contribution in [1.29, 1.82) is 0 Å². The summed E-state index contributed by atoms with van der Waals surface area (Å²) in [6.45, 7) is 0. The molecule has 298 valence electrons. The summed E-state index contributed by atoms with van der Waals surface area (Å²) in [4.78, 5) is 2.38. The molecule has 1 aromatic heterocycles. The maximum absolute atomic E-state index is 6.46. The van der Waals surface area contributed by atoms with E-state index in [2.05, 4.69) is 266 Å². The molecule has 10 aromatic carbocycles. The molecule has 0 radical (unpaired) electrons. The third kappa shape index (κ3) is 7.05. The molecule has 0 saturated carbocycles. The number of benzene rings is 10. The highest BCUT2D eigenvalue weighted by Gasteiger charge is 2.41. The van der Waals surface area contributed by atoms with Crippen LogP contribution < -0.4 is 25.6 Å². The molecular formula is C60H43NOSi. The second-order valence-electron chi connectivity index (χ2n) is 16.1. The summed E-state index contributed by atoms with van der Waals surface area (Å²) < 4.78 is 6.46. The molecular weight excluding hydrogens is 779 g/mol. The van der Waals surface area contributed by atoms with E-state index in [-0.39, 0.29) is 0 Å². The Labute approximate surface area is 369 Å². The van der Waals surface area contributed by atoms with Crippen LogP contribution in [0.3, 0.4) is 0 Å². The van der Waals surface area contributed by atoms with Gasteiger partial charge in [-0.3, -0.25) is 0 Å². The van der Waals surface area contributed by atoms with Crippen LogP contribution in [-0.4, -0.2) is 8.07 Å². The largest absolute Gasteiger partial charge is 0.456 e. The molecule has 11 aromatic rings. The fraction of sp³-hybridized carbons (Fsp3) is 0. The number of nitrogens with zero attached hydrogens (tertiary/aromatic N) is 1. The summed E-state index contributed by atoms with van der Waals surface area (Å²) >= 11 is 0. The van der Waals surface area contributed by atoms with Crippen LogP contribution in [-0.2, 0) is 0 Å². The van der Waals surface area contributed by atoms with Crippen LogP contribution >= 0.6 is 0 Å². The van der Waals surface area contributed by atoms with Crippen LogP contribution in [0.25, 0.3) is 55.3 Å². The third-order valence-electron chi connectivity index (χ3n) is 12.4. The molecule has 2 nitrogen and oxygen atoms in total. The highest BCUT2D eigenvalue weighted by atomic mass is 28.3. The lowest BCUT2D eigenvalue weighted by Gasteiger charge is -2.35. The first-order valence-electron chi connectivity index (χ1n) is 21.6. The Morgan fingerprint density at radius 1 is 0.254 bits per heavy atom. The lowest BCUT2D eigenvalue weighted by atomic mass is 10.00. The van der Waals surface area contributed by atoms with Crippen LogP contribution in [0.5, 0.6) is 0 Å². The summed E-state index contributed by atoms with van der Waals surface area (Å²) in [7, 11) is -2.71. The normalized spacial score (nSPS) is 11.5. The molecule has 0 saturated heterocycles. The molecule has 0 N–H and O–H groups in total. The summed E-state index contributed by atoms with van der Waals surface area (Å²) in [6, 6.07) is 94.8. The second-order valence-corrected chi connectivity index (χ2v) is 19.9. The molecule has 63 heavy (non-hydrogen) atoms. The van der Waals surface area contributed by atoms with Gasteiger partial charge in [0, 0.05) is 27.8 Å². The number of anilines is 3. The number of fused-ring (bicyclic) bond motifs is 3. The van der Waals surface area contributed by atoms with Gasteiger partial charge in [0.05, 0.1) is 0 Å². The average molecular weight is 822 g/mol. The Morgan fingerprint density at radius 3 is 1.05 bits per heavy atom. The van der Waals surface area contributed by atoms with Crippen molar-refractivity contribution in [2.75, 3.05) is 4.90 Å². The summed E-state index contributed by atoms with van der Waals surface area (Å²) in [5, 5.41) is 7.57. The van der Waals surface area contributed by atoms with Gasteiger partial charge in [-0.15, -0.1) is 0 Å². The molecule has 0 unspecified atom stereocenters. The highest BCUT2D eigenvalue weighted by Crippen LogP contribution is 2.40. The number of furan rings is 1. The van der Waals surface area contributed by atoms with Gasteiger partial charge >= 0.3 is 0 Å². The minimum absolute atomic E-state index is 0.868. The van der Waals surface area contributed by atoms with Gasteiger partial charge in [-0.2, -0.15) is 0 Å². The summed E-state index contributed by atoms with van der Waals surface area (Å²) in [5.41, 5.74) is 12.1. The standard InChI is InChI=1S/C60H43NOSi/c1-6-16-44(17-7-1)46-26-28-47(29-27-46)48-30-33-50(34-31-48)61(52-37-41-60-58(43-52)57-42-49(32-40-59(57)62-60)45-18-8-2-9-19-45)51-35-38-56(39-36-51)63(53-20-10-3-11-21-53,54-22-12-4-13-23-54)55-24-14-5-15-25-55/h1-43H. The van der Waals surface area contributed by atoms with E-state index >= 15 is 0 Å². The summed E-state index contributed by atoms with van der Waals surface area (Å²) in [5.74, 6) is 0. The lowest BCUT2D eigenvalue weighted by Crippen LogP contribution is -2.74. The van der Waals surface area contributed by atoms with Gasteiger partial charge in [0.1, 0.15) is 11.2 Å². The van der Waals surface area contributed by atoms with E-state index < -0.39 is 8.07 Å². The van der Waals surface area contributed by atoms with Gasteiger partial charge < -0.3 is 9.32 Å². The minimum atomic E-state index is -2.71. The topological polar surface area (TPSA) is 16.4 Å². The molecule has 0 fully saturated rings. The van der Waals surface area contributed by atoms with Crippen molar-refractivity contribution >= 4 is 67.8 Å². The average Bonchev–Trinajstić information content (AvgIpc) is 3.74. The molecule has 0 aliphatic heterocycles. The Kier molecular flexibility index (Phi) is 9.93. The summed E-state index contributed by atoms with van der Waals surface area (Å²) in [6.07, 6.45) is 0. The SMILES string of the molecule is c1ccc(-c2ccc(-c3ccc(N(c4ccc([Si](c5ccccc5)(c5ccccc5)c5ccccc5)cc4)c4ccc5oc6ccc(-c7ccccc7)cc6c5c4)cc3)cc2)cc1. The van der Waals surface area contributed by atoms with E-state index in [1.165, 1.54) is 54.1 Å². The van der Waals surface area contributed by atoms with Crippen molar-refractivity contribution in [1.82, 2.24) is 0 Å². The van der Waals surface area contributed by atoms with Crippen molar-refractivity contribution in [3.8, 4) is 33.4 Å². The maximum Gasteiger partial charge on any atom is 0.179 e. The third-order valence-corrected chi connectivity index (χ3v) is 17.2. The first kappa shape index (κ1) is 38.0. The van der Waals surface area contributed by atoms with E-state index in [0.717, 1.165) is 39.0 Å². The van der Waals surface area contributed by atoms with Crippen molar-refractivity contribution in [2.45, 2.75) is 0 Å². The zero-order valence-corrected chi connectivity index (χ0v) is 35.7. The molecule has 3 heteroatoms.